The molecule has 0 saturated carbocycles. The Hall–Kier alpha value is -7.20. The number of para-hydroxylation sites is 3. The first-order valence-electron chi connectivity index (χ1n) is 22.3. The third-order valence-corrected chi connectivity index (χ3v) is 13.7. The quantitative estimate of drug-likeness (QED) is 0.142. The molecule has 2 aromatic heterocycles. The molecule has 0 bridgehead atoms. The summed E-state index contributed by atoms with van der Waals surface area (Å²) in [5, 5.41) is 2.21. The Bertz CT molecular complexity index is 3470. The van der Waals surface area contributed by atoms with E-state index in [1.165, 1.54) is 44.5 Å². The first kappa shape index (κ1) is 41.5. The number of benzene rings is 8. The second-order valence-corrected chi connectivity index (χ2v) is 18.1. The van der Waals surface area contributed by atoms with Crippen molar-refractivity contribution in [3.05, 3.63) is 235 Å². The summed E-state index contributed by atoms with van der Waals surface area (Å²) in [6, 6.07) is 73.9. The molecule has 12 rings (SSSR count). The van der Waals surface area contributed by atoms with Crippen LogP contribution in [0.4, 0.5) is 22.7 Å². The van der Waals surface area contributed by atoms with Gasteiger partial charge >= 0.3 is 0 Å². The molecule has 2 aliphatic rings. The number of ether oxygens (including phenoxy) is 1. The van der Waals surface area contributed by atoms with E-state index in [-0.39, 0.29) is 31.9 Å². The molecule has 8 aromatic carbocycles. The maximum Gasteiger partial charge on any atom is 0.135 e. The van der Waals surface area contributed by atoms with E-state index >= 15 is 0 Å². The monoisotopic (exact) mass is 1030 g/mol. The van der Waals surface area contributed by atoms with Crippen molar-refractivity contribution in [2.24, 2.45) is 0 Å². The molecule has 0 unspecified atom stereocenters. The van der Waals surface area contributed by atoms with Crippen molar-refractivity contribution in [3.8, 4) is 39.6 Å². The van der Waals surface area contributed by atoms with E-state index in [2.05, 4.69) is 231 Å². The molecule has 0 N–H and O–H groups in total. The molecular weight excluding hydrogens is 988 g/mol. The molecule has 324 valence electrons. The average molecular weight is 1030 g/mol. The van der Waals surface area contributed by atoms with Gasteiger partial charge in [0.25, 0.3) is 0 Å². The fourth-order valence-corrected chi connectivity index (χ4v) is 10.2. The van der Waals surface area contributed by atoms with Crippen LogP contribution in [-0.2, 0) is 31.9 Å². The predicted molar refractivity (Wildman–Crippen MR) is 266 cm³/mol. The van der Waals surface area contributed by atoms with Crippen molar-refractivity contribution in [2.75, 3.05) is 9.80 Å². The molecule has 66 heavy (non-hydrogen) atoms. The van der Waals surface area contributed by atoms with E-state index in [1.807, 2.05) is 24.4 Å². The van der Waals surface area contributed by atoms with Crippen LogP contribution in [0.25, 0.3) is 49.9 Å². The fraction of sp³-hybridized carbons (Fsp3) is 0.100. The summed E-state index contributed by atoms with van der Waals surface area (Å²) in [4.78, 5) is 9.55. The molecule has 3 heterocycles. The van der Waals surface area contributed by atoms with E-state index in [0.717, 1.165) is 50.4 Å². The van der Waals surface area contributed by atoms with Crippen LogP contribution >= 0.6 is 0 Å². The van der Waals surface area contributed by atoms with E-state index in [0.29, 0.717) is 11.5 Å². The summed E-state index contributed by atoms with van der Waals surface area (Å²) in [5.74, 6) is 2.02. The molecular formula is C60H45N4OPt-3. The summed E-state index contributed by atoms with van der Waals surface area (Å²) >= 11 is 0. The van der Waals surface area contributed by atoms with Crippen LogP contribution in [0.5, 0.6) is 11.5 Å². The minimum atomic E-state index is -0.228. The van der Waals surface area contributed by atoms with Gasteiger partial charge < -0.3 is 19.1 Å². The Morgan fingerprint density at radius 3 is 2.09 bits per heavy atom. The van der Waals surface area contributed by atoms with Gasteiger partial charge in [-0.2, -0.15) is 12.1 Å². The third-order valence-electron chi connectivity index (χ3n) is 13.7. The largest absolute Gasteiger partial charge is 0.509 e. The van der Waals surface area contributed by atoms with Gasteiger partial charge in [0.05, 0.1) is 0 Å². The van der Waals surface area contributed by atoms with Gasteiger partial charge in [-0.25, -0.2) is 4.98 Å². The van der Waals surface area contributed by atoms with Gasteiger partial charge in [-0.1, -0.05) is 161 Å². The molecule has 1 aliphatic carbocycles. The first-order chi connectivity index (χ1) is 31.8. The zero-order valence-corrected chi connectivity index (χ0v) is 39.3. The minimum Gasteiger partial charge on any atom is -0.509 e. The van der Waals surface area contributed by atoms with Crippen molar-refractivity contribution >= 4 is 44.6 Å². The standard InChI is InChI=1S/C60H45N4O.Pt/c1-59(2,41-20-9-6-10-21-41)42-34-35-61-56(36-42)64-52-27-14-12-24-47(52)48-31-30-45(38-55(48)64)65-44-23-17-22-43(37-44)62-39-63(54-29-16-15-28-53(54)62)58-46(40-18-7-5-8-19-40)32-33-51-57(58)49-25-11-13-26-50(49)60(51,3)4;/h5-36,39H,1-4H3;/q-3;. The molecule has 10 aromatic rings. The maximum absolute atomic E-state index is 6.71. The van der Waals surface area contributed by atoms with E-state index in [4.69, 9.17) is 9.72 Å². The Morgan fingerprint density at radius 1 is 0.576 bits per heavy atom. The van der Waals surface area contributed by atoms with Gasteiger partial charge in [0.15, 0.2) is 0 Å². The Balaban J connectivity index is 0.00000481. The molecule has 0 amide bonds. The van der Waals surface area contributed by atoms with Gasteiger partial charge in [-0.3, -0.25) is 0 Å². The Labute approximate surface area is 400 Å². The van der Waals surface area contributed by atoms with Crippen LogP contribution in [0.3, 0.4) is 0 Å². The zero-order chi connectivity index (χ0) is 43.9. The third kappa shape index (κ3) is 6.59. The van der Waals surface area contributed by atoms with Gasteiger partial charge in [0.1, 0.15) is 5.82 Å². The summed E-state index contributed by atoms with van der Waals surface area (Å²) < 4.78 is 8.91. The molecule has 0 spiro atoms. The number of hydrogen-bond acceptors (Lipinski definition) is 4. The zero-order valence-electron chi connectivity index (χ0n) is 37.1. The van der Waals surface area contributed by atoms with Crippen LogP contribution in [0.2, 0.25) is 0 Å². The number of pyridine rings is 1. The van der Waals surface area contributed by atoms with Crippen molar-refractivity contribution < 1.29 is 25.8 Å². The Morgan fingerprint density at radius 2 is 1.27 bits per heavy atom. The van der Waals surface area contributed by atoms with E-state index in [1.54, 1.807) is 0 Å². The van der Waals surface area contributed by atoms with Crippen LogP contribution < -0.4 is 14.5 Å². The number of rotatable bonds is 8. The molecule has 0 saturated heterocycles. The second kappa shape index (κ2) is 16.0. The first-order valence-corrected chi connectivity index (χ1v) is 22.3. The number of aromatic nitrogens is 2. The van der Waals surface area contributed by atoms with Crippen molar-refractivity contribution in [1.82, 2.24) is 9.55 Å². The van der Waals surface area contributed by atoms with Crippen molar-refractivity contribution in [1.29, 1.82) is 0 Å². The summed E-state index contributed by atoms with van der Waals surface area (Å²) in [7, 11) is 0. The van der Waals surface area contributed by atoms with Gasteiger partial charge in [0.2, 0.25) is 0 Å². The SMILES string of the molecule is CC(C)(c1ccccc1)c1ccnc(-n2c3[c-]c(Oc4[c-]c(N5[CH-]N(c6c(-c7ccccc7)ccc7c6-c6ccccc6C7(C)C)c6ccccc65)ccc4)ccc3c3ccccc32)c1.[Pt]. The molecule has 1 aliphatic heterocycles. The normalized spacial score (nSPS) is 13.6. The predicted octanol–water partition coefficient (Wildman–Crippen LogP) is 15.3. The fourth-order valence-electron chi connectivity index (χ4n) is 10.2. The minimum absolute atomic E-state index is 0. The number of anilines is 4. The summed E-state index contributed by atoms with van der Waals surface area (Å²) in [5.41, 5.74) is 15.8. The maximum atomic E-state index is 6.71. The van der Waals surface area contributed by atoms with E-state index < -0.39 is 0 Å². The Kier molecular flexibility index (Phi) is 10.1. The van der Waals surface area contributed by atoms with Crippen molar-refractivity contribution in [2.45, 2.75) is 38.5 Å². The van der Waals surface area contributed by atoms with Crippen LogP contribution in [0, 0.1) is 18.8 Å². The van der Waals surface area contributed by atoms with E-state index in [9.17, 15) is 0 Å². The van der Waals surface area contributed by atoms with Crippen LogP contribution in [0.1, 0.15) is 49.9 Å². The smallest absolute Gasteiger partial charge is 0.135 e. The van der Waals surface area contributed by atoms with Gasteiger partial charge in [-0.15, -0.1) is 48.1 Å². The molecule has 0 fully saturated rings. The molecule has 5 nitrogen and oxygen atoms in total. The molecule has 6 heteroatoms. The van der Waals surface area contributed by atoms with Crippen molar-refractivity contribution in [3.63, 3.8) is 0 Å². The molecule has 0 radical (unpaired) electrons. The van der Waals surface area contributed by atoms with Crippen LogP contribution in [0.15, 0.2) is 194 Å². The number of fused-ring (bicyclic) bond motifs is 7. The number of nitrogens with zero attached hydrogens (tertiary/aromatic N) is 4. The average Bonchev–Trinajstić information content (AvgIpc) is 3.97. The topological polar surface area (TPSA) is 33.5 Å². The summed E-state index contributed by atoms with van der Waals surface area (Å²) in [6.07, 6.45) is 1.92. The van der Waals surface area contributed by atoms with Gasteiger partial charge in [0, 0.05) is 83.3 Å². The molecule has 0 atom stereocenters. The second-order valence-electron chi connectivity index (χ2n) is 18.1. The summed E-state index contributed by atoms with van der Waals surface area (Å²) in [6.45, 7) is 11.4. The van der Waals surface area contributed by atoms with Gasteiger partial charge in [-0.05, 0) is 69.1 Å². The number of hydrogen-bond donors (Lipinski definition) is 0. The van der Waals surface area contributed by atoms with Crippen LogP contribution in [-0.4, -0.2) is 9.55 Å².